The summed E-state index contributed by atoms with van der Waals surface area (Å²) in [6.07, 6.45) is 1.43. The first kappa shape index (κ1) is 30.7. The maximum absolute atomic E-state index is 13.3. The van der Waals surface area contributed by atoms with Crippen LogP contribution >= 0.6 is 23.2 Å². The molecular formula is C26H35Cl2N3O5S. The van der Waals surface area contributed by atoms with Gasteiger partial charge in [0.25, 0.3) is 0 Å². The molecule has 1 N–H and O–H groups in total. The molecular weight excluding hydrogens is 537 g/mol. The number of anilines is 1. The van der Waals surface area contributed by atoms with Gasteiger partial charge >= 0.3 is 0 Å². The van der Waals surface area contributed by atoms with Crippen molar-refractivity contribution in [1.29, 1.82) is 0 Å². The Morgan fingerprint density at radius 1 is 1.03 bits per heavy atom. The van der Waals surface area contributed by atoms with Gasteiger partial charge in [-0.25, -0.2) is 8.42 Å². The third kappa shape index (κ3) is 9.39. The summed E-state index contributed by atoms with van der Waals surface area (Å²) in [5.74, 6) is 0.0784. The van der Waals surface area contributed by atoms with Gasteiger partial charge in [0.15, 0.2) is 0 Å². The van der Waals surface area contributed by atoms with E-state index in [-0.39, 0.29) is 43.8 Å². The molecule has 0 aliphatic rings. The molecule has 0 aliphatic heterocycles. The van der Waals surface area contributed by atoms with Gasteiger partial charge in [0.2, 0.25) is 21.8 Å². The Balaban J connectivity index is 2.18. The molecule has 204 valence electrons. The van der Waals surface area contributed by atoms with Crippen LogP contribution in [0.25, 0.3) is 0 Å². The van der Waals surface area contributed by atoms with E-state index in [1.54, 1.807) is 49.4 Å². The van der Waals surface area contributed by atoms with Crippen LogP contribution in [0.5, 0.6) is 5.75 Å². The smallest absolute Gasteiger partial charge is 0.242 e. The van der Waals surface area contributed by atoms with E-state index in [1.807, 2.05) is 20.8 Å². The molecule has 37 heavy (non-hydrogen) atoms. The number of carbonyl (C=O) groups excluding carboxylic acids is 2. The molecule has 0 spiro atoms. The topological polar surface area (TPSA) is 96.0 Å². The van der Waals surface area contributed by atoms with Gasteiger partial charge in [-0.15, -0.1) is 0 Å². The summed E-state index contributed by atoms with van der Waals surface area (Å²) in [6, 6.07) is 11.0. The third-order valence-electron chi connectivity index (χ3n) is 5.52. The van der Waals surface area contributed by atoms with Crippen LogP contribution in [0.15, 0.2) is 42.5 Å². The molecule has 2 amide bonds. The van der Waals surface area contributed by atoms with E-state index >= 15 is 0 Å². The molecule has 8 nitrogen and oxygen atoms in total. The SMILES string of the molecule is CCOc1ccc(N(CCCC(=O)N(Cc2ccc(Cl)c(Cl)c2)[C@H](C)C(=O)NC(C)C)S(C)(=O)=O)cc1. The minimum atomic E-state index is -3.59. The van der Waals surface area contributed by atoms with Crippen molar-refractivity contribution < 1.29 is 22.7 Å². The second-order valence-electron chi connectivity index (χ2n) is 8.97. The van der Waals surface area contributed by atoms with Gasteiger partial charge in [0, 0.05) is 25.6 Å². The summed E-state index contributed by atoms with van der Waals surface area (Å²) in [5, 5.41) is 3.58. The Bertz CT molecular complexity index is 1170. The van der Waals surface area contributed by atoms with Crippen LogP contribution in [0.4, 0.5) is 5.69 Å². The van der Waals surface area contributed by atoms with Crippen molar-refractivity contribution in [2.45, 2.75) is 59.2 Å². The number of carbonyl (C=O) groups is 2. The standard InChI is InChI=1S/C26H35Cl2N3O5S/c1-6-36-22-12-10-21(11-13-22)31(37(5,34)35)15-7-8-25(32)30(19(4)26(33)29-18(2)3)17-20-9-14-23(27)24(28)16-20/h9-14,16,18-19H,6-8,15,17H2,1-5H3,(H,29,33)/t19-/m1/s1. The lowest BCUT2D eigenvalue weighted by Crippen LogP contribution is -2.49. The number of hydrogen-bond donors (Lipinski definition) is 1. The molecule has 0 bridgehead atoms. The highest BCUT2D eigenvalue weighted by molar-refractivity contribution is 7.92. The van der Waals surface area contributed by atoms with Crippen molar-refractivity contribution in [3.05, 3.63) is 58.1 Å². The number of ether oxygens (including phenoxy) is 1. The van der Waals surface area contributed by atoms with Crippen LogP contribution in [0.2, 0.25) is 10.0 Å². The molecule has 0 aliphatic carbocycles. The molecule has 2 aromatic rings. The monoisotopic (exact) mass is 571 g/mol. The van der Waals surface area contributed by atoms with E-state index < -0.39 is 16.1 Å². The van der Waals surface area contributed by atoms with Crippen LogP contribution in [0.1, 0.15) is 46.1 Å². The second-order valence-corrected chi connectivity index (χ2v) is 11.7. The van der Waals surface area contributed by atoms with Crippen LogP contribution in [-0.4, -0.2) is 56.6 Å². The van der Waals surface area contributed by atoms with Crippen molar-refractivity contribution in [2.75, 3.05) is 23.7 Å². The first-order valence-corrected chi connectivity index (χ1v) is 14.7. The predicted molar refractivity (Wildman–Crippen MR) is 149 cm³/mol. The fraction of sp³-hybridized carbons (Fsp3) is 0.462. The number of nitrogens with one attached hydrogen (secondary N) is 1. The Hall–Kier alpha value is -2.49. The van der Waals surface area contributed by atoms with Gasteiger partial charge in [-0.3, -0.25) is 13.9 Å². The summed E-state index contributed by atoms with van der Waals surface area (Å²) in [6.45, 7) is 7.97. The Morgan fingerprint density at radius 3 is 2.22 bits per heavy atom. The van der Waals surface area contributed by atoms with Gasteiger partial charge in [-0.1, -0.05) is 29.3 Å². The zero-order chi connectivity index (χ0) is 27.8. The summed E-state index contributed by atoms with van der Waals surface area (Å²) >= 11 is 12.2. The van der Waals surface area contributed by atoms with Crippen molar-refractivity contribution >= 4 is 50.7 Å². The Morgan fingerprint density at radius 2 is 1.68 bits per heavy atom. The van der Waals surface area contributed by atoms with Crippen LogP contribution in [0, 0.1) is 0 Å². The first-order chi connectivity index (χ1) is 17.3. The zero-order valence-corrected chi connectivity index (χ0v) is 24.2. The van der Waals surface area contributed by atoms with E-state index in [2.05, 4.69) is 5.32 Å². The number of rotatable bonds is 13. The van der Waals surface area contributed by atoms with Gasteiger partial charge in [-0.2, -0.15) is 0 Å². The summed E-state index contributed by atoms with van der Waals surface area (Å²) in [5.41, 5.74) is 1.20. The minimum Gasteiger partial charge on any atom is -0.494 e. The average Bonchev–Trinajstić information content (AvgIpc) is 2.81. The van der Waals surface area contributed by atoms with E-state index in [1.165, 1.54) is 9.21 Å². The molecule has 11 heteroatoms. The van der Waals surface area contributed by atoms with Crippen LogP contribution in [0.3, 0.4) is 0 Å². The fourth-order valence-corrected chi connectivity index (χ4v) is 4.99. The molecule has 1 atom stereocenters. The van der Waals surface area contributed by atoms with Crippen molar-refractivity contribution in [2.24, 2.45) is 0 Å². The number of amides is 2. The molecule has 0 radical (unpaired) electrons. The number of hydrogen-bond acceptors (Lipinski definition) is 5. The van der Waals surface area contributed by atoms with E-state index in [4.69, 9.17) is 27.9 Å². The summed E-state index contributed by atoms with van der Waals surface area (Å²) in [7, 11) is -3.59. The molecule has 2 rings (SSSR count). The highest BCUT2D eigenvalue weighted by Gasteiger charge is 2.27. The molecule has 0 saturated heterocycles. The van der Waals surface area contributed by atoms with Crippen LogP contribution in [-0.2, 0) is 26.2 Å². The predicted octanol–water partition coefficient (Wildman–Crippen LogP) is 4.88. The lowest BCUT2D eigenvalue weighted by Gasteiger charge is -2.30. The fourth-order valence-electron chi connectivity index (χ4n) is 3.70. The van der Waals surface area contributed by atoms with Crippen molar-refractivity contribution in [1.82, 2.24) is 10.2 Å². The lowest BCUT2D eigenvalue weighted by molar-refractivity contribution is -0.140. The maximum atomic E-state index is 13.3. The number of halogens is 2. The van der Waals surface area contributed by atoms with Crippen molar-refractivity contribution in [3.63, 3.8) is 0 Å². The van der Waals surface area contributed by atoms with Gasteiger partial charge in [-0.05, 0) is 76.1 Å². The normalized spacial score (nSPS) is 12.2. The second kappa shape index (κ2) is 13.9. The number of sulfonamides is 1. The summed E-state index contributed by atoms with van der Waals surface area (Å²) in [4.78, 5) is 27.5. The van der Waals surface area contributed by atoms with Crippen LogP contribution < -0.4 is 14.4 Å². The molecule has 0 unspecified atom stereocenters. The molecule has 0 fully saturated rings. The Labute approximate surface area is 229 Å². The molecule has 0 aromatic heterocycles. The molecule has 0 heterocycles. The van der Waals surface area contributed by atoms with Gasteiger partial charge in [0.05, 0.1) is 28.6 Å². The van der Waals surface area contributed by atoms with E-state index in [0.29, 0.717) is 28.1 Å². The summed E-state index contributed by atoms with van der Waals surface area (Å²) < 4.78 is 31.6. The van der Waals surface area contributed by atoms with Crippen molar-refractivity contribution in [3.8, 4) is 5.75 Å². The lowest BCUT2D eigenvalue weighted by atomic mass is 10.1. The van der Waals surface area contributed by atoms with E-state index in [9.17, 15) is 18.0 Å². The van der Waals surface area contributed by atoms with E-state index in [0.717, 1.165) is 11.8 Å². The quantitative estimate of drug-likeness (QED) is 0.369. The van der Waals surface area contributed by atoms with Gasteiger partial charge < -0.3 is 15.0 Å². The third-order valence-corrected chi connectivity index (χ3v) is 7.46. The number of nitrogens with zero attached hydrogens (tertiary/aromatic N) is 2. The maximum Gasteiger partial charge on any atom is 0.242 e. The highest BCUT2D eigenvalue weighted by Crippen LogP contribution is 2.25. The molecule has 2 aromatic carbocycles. The highest BCUT2D eigenvalue weighted by atomic mass is 35.5. The Kier molecular flexibility index (Phi) is 11.5. The zero-order valence-electron chi connectivity index (χ0n) is 21.8. The van der Waals surface area contributed by atoms with Gasteiger partial charge in [0.1, 0.15) is 11.8 Å². The minimum absolute atomic E-state index is 0.0453. The first-order valence-electron chi connectivity index (χ1n) is 12.1. The molecule has 0 saturated carbocycles. The largest absolute Gasteiger partial charge is 0.494 e. The number of benzene rings is 2. The average molecular weight is 573 g/mol.